The second-order valence-electron chi connectivity index (χ2n) is 7.84. The molecule has 0 bridgehead atoms. The number of sulfonamides is 1. The lowest BCUT2D eigenvalue weighted by Gasteiger charge is -2.16. The van der Waals surface area contributed by atoms with Gasteiger partial charge < -0.3 is 5.32 Å². The van der Waals surface area contributed by atoms with Crippen molar-refractivity contribution in [2.45, 2.75) is 19.3 Å². The molecule has 0 saturated carbocycles. The van der Waals surface area contributed by atoms with Crippen molar-refractivity contribution in [2.75, 3.05) is 25.4 Å². The van der Waals surface area contributed by atoms with E-state index in [-0.39, 0.29) is 11.7 Å². The van der Waals surface area contributed by atoms with E-state index in [0.29, 0.717) is 31.6 Å². The molecule has 3 heterocycles. The Hall–Kier alpha value is -2.55. The molecule has 6 nitrogen and oxygen atoms in total. The molecule has 1 N–H and O–H groups in total. The van der Waals surface area contributed by atoms with Crippen LogP contribution in [0.4, 0.5) is 0 Å². The van der Waals surface area contributed by atoms with Gasteiger partial charge in [-0.15, -0.1) is 11.3 Å². The molecular weight excluding hydrogens is 430 g/mol. The van der Waals surface area contributed by atoms with Crippen LogP contribution in [0.3, 0.4) is 0 Å². The summed E-state index contributed by atoms with van der Waals surface area (Å²) >= 11 is 1.68. The molecule has 1 aromatic carbocycles. The molecule has 1 aliphatic heterocycles. The fraction of sp³-hybridized carbons (Fsp3) is 0.304. The number of pyridine rings is 1. The van der Waals surface area contributed by atoms with Crippen molar-refractivity contribution in [1.82, 2.24) is 14.6 Å². The van der Waals surface area contributed by atoms with Gasteiger partial charge in [-0.25, -0.2) is 17.7 Å². The first kappa shape index (κ1) is 20.4. The van der Waals surface area contributed by atoms with Crippen molar-refractivity contribution in [1.29, 1.82) is 0 Å². The number of fused-ring (bicyclic) bond motifs is 2. The predicted octanol–water partition coefficient (Wildman–Crippen LogP) is 3.55. The van der Waals surface area contributed by atoms with Crippen LogP contribution in [0.25, 0.3) is 22.6 Å². The van der Waals surface area contributed by atoms with Crippen LogP contribution in [0.15, 0.2) is 41.8 Å². The predicted molar refractivity (Wildman–Crippen MR) is 125 cm³/mol. The van der Waals surface area contributed by atoms with E-state index in [1.54, 1.807) is 11.3 Å². The largest absolute Gasteiger partial charge is 0.351 e. The van der Waals surface area contributed by atoms with Gasteiger partial charge in [0.1, 0.15) is 0 Å². The Labute approximate surface area is 185 Å². The number of amides is 1. The molecule has 160 valence electrons. The van der Waals surface area contributed by atoms with Gasteiger partial charge >= 0.3 is 0 Å². The highest BCUT2D eigenvalue weighted by Gasteiger charge is 2.29. The molecular formula is C23H23N3O3S2. The monoisotopic (exact) mass is 453 g/mol. The number of thiophene rings is 1. The lowest BCUT2D eigenvalue weighted by molar-refractivity contribution is 0.0952. The molecule has 1 amide bonds. The molecule has 0 spiro atoms. The van der Waals surface area contributed by atoms with E-state index in [9.17, 15) is 13.2 Å². The highest BCUT2D eigenvalue weighted by atomic mass is 32.2. The van der Waals surface area contributed by atoms with Crippen LogP contribution in [0, 0.1) is 0 Å². The molecule has 5 rings (SSSR count). The number of allylic oxidation sites excluding steroid dienone is 1. The maximum atomic E-state index is 13.3. The topological polar surface area (TPSA) is 79.4 Å². The fourth-order valence-corrected chi connectivity index (χ4v) is 6.62. The van der Waals surface area contributed by atoms with Crippen molar-refractivity contribution in [3.8, 4) is 0 Å². The van der Waals surface area contributed by atoms with E-state index in [1.807, 2.05) is 30.3 Å². The molecule has 3 aromatic rings. The van der Waals surface area contributed by atoms with Crippen molar-refractivity contribution < 1.29 is 13.2 Å². The maximum absolute atomic E-state index is 13.3. The zero-order valence-electron chi connectivity index (χ0n) is 17.0. The third-order valence-corrected chi connectivity index (χ3v) is 8.65. The van der Waals surface area contributed by atoms with Gasteiger partial charge in [0.15, 0.2) is 0 Å². The highest BCUT2D eigenvalue weighted by molar-refractivity contribution is 7.89. The van der Waals surface area contributed by atoms with E-state index in [1.165, 1.54) is 9.18 Å². The van der Waals surface area contributed by atoms with Gasteiger partial charge in [-0.05, 0) is 54.0 Å². The molecule has 31 heavy (non-hydrogen) atoms. The van der Waals surface area contributed by atoms with Crippen molar-refractivity contribution in [2.24, 2.45) is 0 Å². The van der Waals surface area contributed by atoms with E-state index < -0.39 is 10.0 Å². The van der Waals surface area contributed by atoms with Crippen LogP contribution < -0.4 is 5.32 Å². The highest BCUT2D eigenvalue weighted by Crippen LogP contribution is 2.37. The molecule has 0 unspecified atom stereocenters. The number of para-hydroxylation sites is 1. The summed E-state index contributed by atoms with van der Waals surface area (Å²) in [5.74, 6) is 0.0341. The second-order valence-corrected chi connectivity index (χ2v) is 10.9. The summed E-state index contributed by atoms with van der Waals surface area (Å²) in [5.41, 5.74) is 4.50. The first-order valence-electron chi connectivity index (χ1n) is 10.4. The maximum Gasteiger partial charge on any atom is 0.252 e. The third-order valence-electron chi connectivity index (χ3n) is 5.88. The summed E-state index contributed by atoms with van der Waals surface area (Å²) in [6.45, 7) is 1.13. The van der Waals surface area contributed by atoms with E-state index in [2.05, 4.69) is 22.8 Å². The van der Waals surface area contributed by atoms with Gasteiger partial charge in [-0.3, -0.25) is 4.79 Å². The smallest absolute Gasteiger partial charge is 0.252 e. The summed E-state index contributed by atoms with van der Waals surface area (Å²) in [4.78, 5) is 19.3. The molecule has 2 aromatic heterocycles. The average molecular weight is 454 g/mol. The molecule has 1 fully saturated rings. The Bertz CT molecular complexity index is 1280. The van der Waals surface area contributed by atoms with Crippen LogP contribution in [0.5, 0.6) is 0 Å². The molecule has 1 aliphatic carbocycles. The molecule has 0 atom stereocenters. The van der Waals surface area contributed by atoms with E-state index >= 15 is 0 Å². The number of carbonyl (C=O) groups is 1. The summed E-state index contributed by atoms with van der Waals surface area (Å²) in [6, 6.07) is 11.8. The quantitative estimate of drug-likeness (QED) is 0.641. The molecule has 2 aliphatic rings. The summed E-state index contributed by atoms with van der Waals surface area (Å²) in [7, 11) is -3.16. The van der Waals surface area contributed by atoms with Gasteiger partial charge in [0.2, 0.25) is 10.0 Å². The minimum Gasteiger partial charge on any atom is -0.351 e. The molecule has 0 radical (unpaired) electrons. The van der Waals surface area contributed by atoms with Crippen molar-refractivity contribution in [3.63, 3.8) is 0 Å². The van der Waals surface area contributed by atoms with E-state index in [0.717, 1.165) is 40.6 Å². The number of hydrogen-bond donors (Lipinski definition) is 1. The van der Waals surface area contributed by atoms with Gasteiger partial charge in [-0.2, -0.15) is 0 Å². The third kappa shape index (κ3) is 3.91. The lowest BCUT2D eigenvalue weighted by Crippen LogP contribution is -2.36. The minimum atomic E-state index is -3.16. The van der Waals surface area contributed by atoms with Crippen molar-refractivity contribution in [3.05, 3.63) is 63.5 Å². The van der Waals surface area contributed by atoms with Crippen LogP contribution in [-0.4, -0.2) is 49.0 Å². The van der Waals surface area contributed by atoms with Crippen LogP contribution in [0.2, 0.25) is 0 Å². The van der Waals surface area contributed by atoms with Crippen LogP contribution in [-0.2, 0) is 16.4 Å². The number of nitrogens with zero attached hydrogens (tertiary/aromatic N) is 2. The zero-order valence-corrected chi connectivity index (χ0v) is 18.6. The average Bonchev–Trinajstić information content (AvgIpc) is 3.48. The molecule has 8 heteroatoms. The fourth-order valence-electron chi connectivity index (χ4n) is 4.41. The number of nitrogens with one attached hydrogen (secondary N) is 1. The standard InChI is InChI=1S/C23H23N3O3S2/c27-23(24-10-12-26-11-4-14-31(26,28)29)21-18-6-1-2-7-20(18)25-22-16(8-9-19(21)22)15-17-5-3-13-30-17/h1-3,5-7,13,15H,4,8-12,14H2,(H,24,27)/b16-15-. The minimum absolute atomic E-state index is 0.163. The Morgan fingerprint density at radius 1 is 1.19 bits per heavy atom. The van der Waals surface area contributed by atoms with Gasteiger partial charge in [0.25, 0.3) is 5.91 Å². The molecule has 1 saturated heterocycles. The number of rotatable bonds is 5. The summed E-state index contributed by atoms with van der Waals surface area (Å²) in [5, 5.41) is 5.84. The Morgan fingerprint density at radius 2 is 2.06 bits per heavy atom. The normalized spacial score (nSPS) is 19.2. The first-order valence-corrected chi connectivity index (χ1v) is 12.9. The number of hydrogen-bond acceptors (Lipinski definition) is 5. The second kappa shape index (κ2) is 8.18. The summed E-state index contributed by atoms with van der Waals surface area (Å²) < 4.78 is 25.5. The Kier molecular flexibility index (Phi) is 5.37. The van der Waals surface area contributed by atoms with Crippen molar-refractivity contribution >= 4 is 49.8 Å². The van der Waals surface area contributed by atoms with Gasteiger partial charge in [0, 0.05) is 29.9 Å². The lowest BCUT2D eigenvalue weighted by atomic mass is 10.00. The number of aromatic nitrogens is 1. The number of benzene rings is 1. The van der Waals surface area contributed by atoms with Gasteiger partial charge in [-0.1, -0.05) is 24.3 Å². The van der Waals surface area contributed by atoms with E-state index in [4.69, 9.17) is 4.98 Å². The number of carbonyl (C=O) groups excluding carboxylic acids is 1. The first-order chi connectivity index (χ1) is 15.0. The van der Waals surface area contributed by atoms with Crippen LogP contribution >= 0.6 is 11.3 Å². The Balaban J connectivity index is 1.46. The SMILES string of the molecule is O=C(NCCN1CCCS1(=O)=O)c1c2c(nc3ccccc13)/C(=C\c1cccs1)CC2. The Morgan fingerprint density at radius 3 is 2.84 bits per heavy atom. The summed E-state index contributed by atoms with van der Waals surface area (Å²) in [6.07, 6.45) is 4.44. The van der Waals surface area contributed by atoms with Crippen LogP contribution in [0.1, 0.15) is 39.3 Å². The van der Waals surface area contributed by atoms with Gasteiger partial charge in [0.05, 0.1) is 22.5 Å². The zero-order chi connectivity index (χ0) is 21.4.